The van der Waals surface area contributed by atoms with Crippen LogP contribution in [-0.2, 0) is 11.3 Å². The summed E-state index contributed by atoms with van der Waals surface area (Å²) in [6.45, 7) is 2.52. The minimum absolute atomic E-state index is 0.702. The third-order valence-corrected chi connectivity index (χ3v) is 2.71. The van der Waals surface area contributed by atoms with E-state index in [0.717, 1.165) is 18.8 Å². The number of thioether (sulfide) groups is 1. The van der Waals surface area contributed by atoms with Gasteiger partial charge in [0.25, 0.3) is 0 Å². The second-order valence-electron chi connectivity index (χ2n) is 3.26. The fraction of sp³-hybridized carbons (Fsp3) is 0.700. The molecular formula is C10H19N3OS. The lowest BCUT2D eigenvalue weighted by Gasteiger charge is -2.01. The zero-order chi connectivity index (χ0) is 10.9. The van der Waals surface area contributed by atoms with Crippen molar-refractivity contribution in [1.29, 1.82) is 0 Å². The van der Waals surface area contributed by atoms with Gasteiger partial charge in [-0.2, -0.15) is 16.9 Å². The highest BCUT2D eigenvalue weighted by Crippen LogP contribution is 2.05. The topological polar surface area (TPSA) is 39.1 Å². The molecule has 0 saturated heterocycles. The summed E-state index contributed by atoms with van der Waals surface area (Å²) in [5, 5.41) is 7.56. The van der Waals surface area contributed by atoms with Gasteiger partial charge in [0, 0.05) is 19.9 Å². The number of hydrogen-bond acceptors (Lipinski definition) is 4. The molecule has 0 spiro atoms. The van der Waals surface area contributed by atoms with E-state index in [1.807, 2.05) is 28.8 Å². The molecule has 86 valence electrons. The number of aromatic nitrogens is 2. The molecule has 0 saturated carbocycles. The Bertz CT molecular complexity index is 265. The van der Waals surface area contributed by atoms with Gasteiger partial charge < -0.3 is 10.1 Å². The smallest absolute Gasteiger partial charge is 0.0726 e. The highest BCUT2D eigenvalue weighted by atomic mass is 32.2. The predicted molar refractivity (Wildman–Crippen MR) is 65.6 cm³/mol. The van der Waals surface area contributed by atoms with Crippen LogP contribution < -0.4 is 5.32 Å². The van der Waals surface area contributed by atoms with Crippen molar-refractivity contribution in [2.45, 2.75) is 13.0 Å². The molecule has 0 bridgehead atoms. The minimum Gasteiger partial charge on any atom is -0.383 e. The first-order valence-corrected chi connectivity index (χ1v) is 6.50. The van der Waals surface area contributed by atoms with Crippen LogP contribution in [0.4, 0.5) is 5.69 Å². The van der Waals surface area contributed by atoms with Gasteiger partial charge in [-0.3, -0.25) is 4.68 Å². The average Bonchev–Trinajstić information content (AvgIpc) is 2.69. The Morgan fingerprint density at radius 2 is 2.47 bits per heavy atom. The van der Waals surface area contributed by atoms with Crippen molar-refractivity contribution in [3.8, 4) is 0 Å². The van der Waals surface area contributed by atoms with Gasteiger partial charge in [0.05, 0.1) is 25.0 Å². The summed E-state index contributed by atoms with van der Waals surface area (Å²) in [5.74, 6) is 1.20. The van der Waals surface area contributed by atoms with Crippen molar-refractivity contribution in [3.63, 3.8) is 0 Å². The first-order valence-electron chi connectivity index (χ1n) is 5.11. The molecule has 0 aliphatic heterocycles. The number of nitrogens with zero attached hydrogens (tertiary/aromatic N) is 2. The first-order chi connectivity index (χ1) is 7.36. The Labute approximate surface area is 95.4 Å². The number of hydrogen-bond donors (Lipinski definition) is 1. The predicted octanol–water partition coefficient (Wildman–Crippen LogP) is 1.69. The highest BCUT2D eigenvalue weighted by molar-refractivity contribution is 7.98. The minimum atomic E-state index is 0.702. The fourth-order valence-electron chi connectivity index (χ4n) is 1.21. The second kappa shape index (κ2) is 7.59. The molecule has 1 rings (SSSR count). The summed E-state index contributed by atoms with van der Waals surface area (Å²) in [6, 6.07) is 0. The van der Waals surface area contributed by atoms with Crippen molar-refractivity contribution >= 4 is 17.4 Å². The van der Waals surface area contributed by atoms with E-state index >= 15 is 0 Å². The maximum absolute atomic E-state index is 4.98. The summed E-state index contributed by atoms with van der Waals surface area (Å²) in [7, 11) is 1.70. The lowest BCUT2D eigenvalue weighted by Crippen LogP contribution is -2.04. The van der Waals surface area contributed by atoms with Crippen LogP contribution in [0.25, 0.3) is 0 Å². The Kier molecular flexibility index (Phi) is 6.27. The lowest BCUT2D eigenvalue weighted by atomic mass is 10.4. The Morgan fingerprint density at radius 3 is 3.20 bits per heavy atom. The molecule has 1 N–H and O–H groups in total. The quantitative estimate of drug-likeness (QED) is 0.689. The molecule has 5 heteroatoms. The van der Waals surface area contributed by atoms with E-state index in [0.29, 0.717) is 6.61 Å². The van der Waals surface area contributed by atoms with Crippen LogP contribution in [0, 0.1) is 0 Å². The third kappa shape index (κ3) is 5.09. The number of anilines is 1. The van der Waals surface area contributed by atoms with E-state index in [1.54, 1.807) is 7.11 Å². The zero-order valence-electron chi connectivity index (χ0n) is 9.40. The standard InChI is InChI=1S/C10H19N3OS/c1-14-6-5-13-9-10(8-12-13)11-4-3-7-15-2/h8-9,11H,3-7H2,1-2H3. The molecule has 0 fully saturated rings. The van der Waals surface area contributed by atoms with Crippen LogP contribution in [-0.4, -0.2) is 42.1 Å². The molecule has 0 amide bonds. The average molecular weight is 229 g/mol. The van der Waals surface area contributed by atoms with Crippen molar-refractivity contribution in [2.75, 3.05) is 37.6 Å². The molecule has 1 aromatic rings. The van der Waals surface area contributed by atoms with Crippen LogP contribution >= 0.6 is 11.8 Å². The van der Waals surface area contributed by atoms with E-state index in [1.165, 1.54) is 12.2 Å². The van der Waals surface area contributed by atoms with Gasteiger partial charge in [-0.15, -0.1) is 0 Å². The van der Waals surface area contributed by atoms with Gasteiger partial charge in [-0.25, -0.2) is 0 Å². The summed E-state index contributed by atoms with van der Waals surface area (Å²) >= 11 is 1.88. The van der Waals surface area contributed by atoms with E-state index < -0.39 is 0 Å². The fourth-order valence-corrected chi connectivity index (χ4v) is 1.64. The Hall–Kier alpha value is -0.680. The van der Waals surface area contributed by atoms with E-state index in [4.69, 9.17) is 4.74 Å². The van der Waals surface area contributed by atoms with Crippen LogP contribution in [0.1, 0.15) is 6.42 Å². The Balaban J connectivity index is 2.20. The zero-order valence-corrected chi connectivity index (χ0v) is 10.2. The highest BCUT2D eigenvalue weighted by Gasteiger charge is 1.96. The summed E-state index contributed by atoms with van der Waals surface area (Å²) in [5.41, 5.74) is 1.09. The van der Waals surface area contributed by atoms with Crippen molar-refractivity contribution < 1.29 is 4.74 Å². The van der Waals surface area contributed by atoms with Gasteiger partial charge in [0.15, 0.2) is 0 Å². The molecule has 0 radical (unpaired) electrons. The lowest BCUT2D eigenvalue weighted by molar-refractivity contribution is 0.183. The van der Waals surface area contributed by atoms with E-state index in [-0.39, 0.29) is 0 Å². The molecule has 1 heterocycles. The van der Waals surface area contributed by atoms with Gasteiger partial charge >= 0.3 is 0 Å². The first kappa shape index (κ1) is 12.4. The molecule has 15 heavy (non-hydrogen) atoms. The normalized spacial score (nSPS) is 10.5. The van der Waals surface area contributed by atoms with Gasteiger partial charge in [0.1, 0.15) is 0 Å². The Morgan fingerprint density at radius 1 is 1.60 bits per heavy atom. The third-order valence-electron chi connectivity index (χ3n) is 2.01. The summed E-state index contributed by atoms with van der Waals surface area (Å²) in [6.07, 6.45) is 7.18. The van der Waals surface area contributed by atoms with Gasteiger partial charge in [0.2, 0.25) is 0 Å². The SMILES string of the molecule is COCCn1cc(NCCCSC)cn1. The molecule has 0 unspecified atom stereocenters. The van der Waals surface area contributed by atoms with Crippen molar-refractivity contribution in [3.05, 3.63) is 12.4 Å². The molecule has 0 atom stereocenters. The monoisotopic (exact) mass is 229 g/mol. The van der Waals surface area contributed by atoms with Crippen LogP contribution in [0.5, 0.6) is 0 Å². The summed E-state index contributed by atoms with van der Waals surface area (Å²) < 4.78 is 6.87. The van der Waals surface area contributed by atoms with Crippen LogP contribution in [0.2, 0.25) is 0 Å². The van der Waals surface area contributed by atoms with Crippen molar-refractivity contribution in [1.82, 2.24) is 9.78 Å². The number of methoxy groups -OCH3 is 1. The molecule has 0 aliphatic carbocycles. The summed E-state index contributed by atoms with van der Waals surface area (Å²) in [4.78, 5) is 0. The molecule has 4 nitrogen and oxygen atoms in total. The molecule has 0 aliphatic rings. The second-order valence-corrected chi connectivity index (χ2v) is 4.24. The largest absolute Gasteiger partial charge is 0.383 e. The molecule has 0 aromatic carbocycles. The number of nitrogens with one attached hydrogen (secondary N) is 1. The van der Waals surface area contributed by atoms with Crippen LogP contribution in [0.3, 0.4) is 0 Å². The maximum atomic E-state index is 4.98. The van der Waals surface area contributed by atoms with Gasteiger partial charge in [-0.05, 0) is 18.4 Å². The van der Waals surface area contributed by atoms with Crippen LogP contribution in [0.15, 0.2) is 12.4 Å². The van der Waals surface area contributed by atoms with Gasteiger partial charge in [-0.1, -0.05) is 0 Å². The number of rotatable bonds is 8. The maximum Gasteiger partial charge on any atom is 0.0726 e. The van der Waals surface area contributed by atoms with E-state index in [2.05, 4.69) is 16.7 Å². The molecular weight excluding hydrogens is 210 g/mol. The van der Waals surface area contributed by atoms with Crippen molar-refractivity contribution in [2.24, 2.45) is 0 Å². The van der Waals surface area contributed by atoms with E-state index in [9.17, 15) is 0 Å². The number of ether oxygens (including phenoxy) is 1. The molecule has 1 aromatic heterocycles.